The normalized spacial score (nSPS) is 10.7. The minimum absolute atomic E-state index is 0.0617. The fourth-order valence-corrected chi connectivity index (χ4v) is 2.92. The number of aromatic nitrogens is 2. The number of imidazole rings is 1. The molecule has 3 rings (SSSR count). The molecule has 7 heteroatoms. The first kappa shape index (κ1) is 16.1. The molecule has 3 aromatic rings. The van der Waals surface area contributed by atoms with Crippen molar-refractivity contribution in [1.82, 2.24) is 9.97 Å². The predicted molar refractivity (Wildman–Crippen MR) is 94.1 cm³/mol. The molecule has 4 nitrogen and oxygen atoms in total. The van der Waals surface area contributed by atoms with E-state index in [1.54, 1.807) is 30.3 Å². The number of carboxylic acids is 1. The summed E-state index contributed by atoms with van der Waals surface area (Å²) in [6, 6.07) is 12.2. The molecule has 1 heterocycles. The fourth-order valence-electron chi connectivity index (χ4n) is 2.16. The molecule has 23 heavy (non-hydrogen) atoms. The lowest BCUT2D eigenvalue weighted by Gasteiger charge is -2.01. The van der Waals surface area contributed by atoms with Crippen molar-refractivity contribution in [2.45, 2.75) is 0 Å². The number of aromatic amines is 1. The standard InChI is InChI=1S/C16H9BrCl2N2O2/c17-9-3-1-8(2-4-9)13-14(16(22)23)21-15(20-13)11-6-5-10(18)7-12(11)19/h1-7H,(H,20,21)(H,22,23). The summed E-state index contributed by atoms with van der Waals surface area (Å²) < 4.78 is 0.901. The van der Waals surface area contributed by atoms with E-state index < -0.39 is 5.97 Å². The number of H-pyrrole nitrogens is 1. The third kappa shape index (κ3) is 3.27. The quantitative estimate of drug-likeness (QED) is 0.596. The van der Waals surface area contributed by atoms with E-state index >= 15 is 0 Å². The molecule has 0 radical (unpaired) electrons. The van der Waals surface area contributed by atoms with E-state index in [0.29, 0.717) is 27.1 Å². The van der Waals surface area contributed by atoms with Crippen molar-refractivity contribution in [2.75, 3.05) is 0 Å². The first-order valence-electron chi connectivity index (χ1n) is 6.50. The van der Waals surface area contributed by atoms with Gasteiger partial charge in [0.15, 0.2) is 5.69 Å². The van der Waals surface area contributed by atoms with Gasteiger partial charge in [0.25, 0.3) is 0 Å². The zero-order chi connectivity index (χ0) is 16.6. The van der Waals surface area contributed by atoms with Gasteiger partial charge in [0.05, 0.1) is 10.7 Å². The van der Waals surface area contributed by atoms with Crippen LogP contribution in [-0.4, -0.2) is 21.0 Å². The van der Waals surface area contributed by atoms with Gasteiger partial charge in [-0.2, -0.15) is 0 Å². The number of carbonyl (C=O) groups is 1. The van der Waals surface area contributed by atoms with Crippen molar-refractivity contribution < 1.29 is 9.90 Å². The molecule has 1 aromatic heterocycles. The maximum atomic E-state index is 11.5. The maximum Gasteiger partial charge on any atom is 0.356 e. The highest BCUT2D eigenvalue weighted by molar-refractivity contribution is 9.10. The molecule has 0 fully saturated rings. The number of hydrogen-bond acceptors (Lipinski definition) is 2. The summed E-state index contributed by atoms with van der Waals surface area (Å²) in [5, 5.41) is 10.3. The van der Waals surface area contributed by atoms with Crippen molar-refractivity contribution in [3.63, 3.8) is 0 Å². The van der Waals surface area contributed by atoms with Crippen LogP contribution in [-0.2, 0) is 0 Å². The van der Waals surface area contributed by atoms with Crippen LogP contribution in [0.25, 0.3) is 22.6 Å². The van der Waals surface area contributed by atoms with Gasteiger partial charge in [0.1, 0.15) is 5.82 Å². The van der Waals surface area contributed by atoms with Gasteiger partial charge >= 0.3 is 5.97 Å². The Bertz CT molecular complexity index is 892. The Kier molecular flexibility index (Phi) is 4.43. The number of benzene rings is 2. The summed E-state index contributed by atoms with van der Waals surface area (Å²) >= 11 is 15.4. The first-order valence-corrected chi connectivity index (χ1v) is 8.05. The van der Waals surface area contributed by atoms with E-state index in [4.69, 9.17) is 23.2 Å². The average molecular weight is 412 g/mol. The molecule has 0 aliphatic carbocycles. The third-order valence-corrected chi connectivity index (χ3v) is 4.30. The van der Waals surface area contributed by atoms with Crippen LogP contribution < -0.4 is 0 Å². The summed E-state index contributed by atoms with van der Waals surface area (Å²) in [6.45, 7) is 0. The van der Waals surface area contributed by atoms with Crippen LogP contribution in [0.3, 0.4) is 0 Å². The second-order valence-corrected chi connectivity index (χ2v) is 6.50. The van der Waals surface area contributed by atoms with E-state index in [1.165, 1.54) is 0 Å². The maximum absolute atomic E-state index is 11.5. The van der Waals surface area contributed by atoms with Crippen LogP contribution in [0.15, 0.2) is 46.9 Å². The minimum atomic E-state index is -1.12. The van der Waals surface area contributed by atoms with E-state index in [9.17, 15) is 9.90 Å². The number of halogens is 3. The molecule has 2 aromatic carbocycles. The lowest BCUT2D eigenvalue weighted by molar-refractivity contribution is 0.0692. The van der Waals surface area contributed by atoms with E-state index in [0.717, 1.165) is 10.0 Å². The highest BCUT2D eigenvalue weighted by Crippen LogP contribution is 2.32. The summed E-state index contributed by atoms with van der Waals surface area (Å²) in [5.74, 6) is -0.738. The van der Waals surface area contributed by atoms with Gasteiger partial charge in [0, 0.05) is 20.6 Å². The molecule has 0 aliphatic heterocycles. The largest absolute Gasteiger partial charge is 0.476 e. The number of nitrogens with zero attached hydrogens (tertiary/aromatic N) is 1. The molecule has 0 spiro atoms. The molecule has 0 atom stereocenters. The lowest BCUT2D eigenvalue weighted by atomic mass is 10.1. The Labute approximate surface area is 150 Å². The molecule has 2 N–H and O–H groups in total. The monoisotopic (exact) mass is 410 g/mol. The van der Waals surface area contributed by atoms with Crippen molar-refractivity contribution >= 4 is 45.1 Å². The topological polar surface area (TPSA) is 66.0 Å². The highest BCUT2D eigenvalue weighted by Gasteiger charge is 2.20. The average Bonchev–Trinajstić information content (AvgIpc) is 2.93. The van der Waals surface area contributed by atoms with Gasteiger partial charge in [-0.3, -0.25) is 0 Å². The highest BCUT2D eigenvalue weighted by atomic mass is 79.9. The van der Waals surface area contributed by atoms with Gasteiger partial charge in [-0.05, 0) is 30.3 Å². The Morgan fingerprint density at radius 3 is 2.43 bits per heavy atom. The van der Waals surface area contributed by atoms with Crippen LogP contribution in [0.1, 0.15) is 10.5 Å². The van der Waals surface area contributed by atoms with E-state index in [1.807, 2.05) is 12.1 Å². The van der Waals surface area contributed by atoms with Crippen LogP contribution in [0.5, 0.6) is 0 Å². The molecule has 0 saturated carbocycles. The number of aromatic carboxylic acids is 1. The SMILES string of the molecule is O=C(O)c1nc(-c2ccc(Cl)cc2Cl)[nH]c1-c1ccc(Br)cc1. The van der Waals surface area contributed by atoms with Crippen molar-refractivity contribution in [3.8, 4) is 22.6 Å². The Balaban J connectivity index is 2.16. The molecule has 0 saturated heterocycles. The van der Waals surface area contributed by atoms with Crippen molar-refractivity contribution in [3.05, 3.63) is 62.7 Å². The number of nitrogens with one attached hydrogen (secondary N) is 1. The van der Waals surface area contributed by atoms with Gasteiger partial charge in [-0.15, -0.1) is 0 Å². The first-order chi connectivity index (χ1) is 11.0. The summed E-state index contributed by atoms with van der Waals surface area (Å²) in [7, 11) is 0. The number of carboxylic acid groups (broad SMARTS) is 1. The molecular formula is C16H9BrCl2N2O2. The zero-order valence-corrected chi connectivity index (χ0v) is 14.6. The molecule has 0 unspecified atom stereocenters. The minimum Gasteiger partial charge on any atom is -0.476 e. The number of rotatable bonds is 3. The Hall–Kier alpha value is -1.82. The second-order valence-electron chi connectivity index (χ2n) is 4.75. The van der Waals surface area contributed by atoms with Crippen LogP contribution in [0.4, 0.5) is 0 Å². The van der Waals surface area contributed by atoms with E-state index in [2.05, 4.69) is 25.9 Å². The fraction of sp³-hybridized carbons (Fsp3) is 0. The van der Waals surface area contributed by atoms with Gasteiger partial charge in [-0.25, -0.2) is 9.78 Å². The third-order valence-electron chi connectivity index (χ3n) is 3.23. The lowest BCUT2D eigenvalue weighted by Crippen LogP contribution is -1.99. The predicted octanol–water partition coefficient (Wildman–Crippen LogP) is 5.51. The second kappa shape index (κ2) is 6.35. The number of hydrogen-bond donors (Lipinski definition) is 2. The van der Waals surface area contributed by atoms with Gasteiger partial charge < -0.3 is 10.1 Å². The molecule has 116 valence electrons. The molecule has 0 amide bonds. The summed E-state index contributed by atoms with van der Waals surface area (Å²) in [4.78, 5) is 18.7. The Morgan fingerprint density at radius 1 is 1.13 bits per heavy atom. The van der Waals surface area contributed by atoms with Gasteiger partial charge in [-0.1, -0.05) is 51.3 Å². The Morgan fingerprint density at radius 2 is 1.83 bits per heavy atom. The van der Waals surface area contributed by atoms with E-state index in [-0.39, 0.29) is 5.69 Å². The van der Waals surface area contributed by atoms with Crippen LogP contribution >= 0.6 is 39.1 Å². The molecule has 0 bridgehead atoms. The van der Waals surface area contributed by atoms with Crippen LogP contribution in [0.2, 0.25) is 10.0 Å². The van der Waals surface area contributed by atoms with Crippen LogP contribution in [0, 0.1) is 0 Å². The summed E-state index contributed by atoms with van der Waals surface area (Å²) in [6.07, 6.45) is 0. The smallest absolute Gasteiger partial charge is 0.356 e. The summed E-state index contributed by atoms with van der Waals surface area (Å²) in [5.41, 5.74) is 1.66. The van der Waals surface area contributed by atoms with Crippen molar-refractivity contribution in [2.24, 2.45) is 0 Å². The van der Waals surface area contributed by atoms with Crippen molar-refractivity contribution in [1.29, 1.82) is 0 Å². The molecule has 0 aliphatic rings. The van der Waals surface area contributed by atoms with Gasteiger partial charge in [0.2, 0.25) is 0 Å². The molecular weight excluding hydrogens is 403 g/mol. The zero-order valence-electron chi connectivity index (χ0n) is 11.5.